The molecule has 0 spiro atoms. The Morgan fingerprint density at radius 1 is 1.03 bits per heavy atom. The molecule has 9 heteroatoms. The number of carbonyl (C=O) groups excluding carboxylic acids is 2. The lowest BCUT2D eigenvalue weighted by molar-refractivity contribution is -0.137. The summed E-state index contributed by atoms with van der Waals surface area (Å²) in [5.41, 5.74) is 0.0178. The number of hydrogen-bond acceptors (Lipinski definition) is 3. The predicted octanol–water partition coefficient (Wildman–Crippen LogP) is 5.15. The molecule has 31 heavy (non-hydrogen) atoms. The van der Waals surface area contributed by atoms with E-state index in [9.17, 15) is 22.8 Å². The number of Topliss-reactive ketones (excluding diaryl/α,β-unsaturated/α-hetero) is 1. The molecule has 3 rings (SSSR count). The maximum absolute atomic E-state index is 13.4. The maximum Gasteiger partial charge on any atom is 0.417 e. The fourth-order valence-electron chi connectivity index (χ4n) is 3.49. The lowest BCUT2D eigenvalue weighted by Crippen LogP contribution is -2.45. The van der Waals surface area contributed by atoms with Crippen molar-refractivity contribution in [1.82, 2.24) is 4.90 Å². The zero-order chi connectivity index (χ0) is 22.6. The van der Waals surface area contributed by atoms with Crippen LogP contribution in [0.4, 0.5) is 23.7 Å². The molecule has 2 amide bonds. The Morgan fingerprint density at radius 3 is 2.26 bits per heavy atom. The summed E-state index contributed by atoms with van der Waals surface area (Å²) in [6.07, 6.45) is -1.97. The van der Waals surface area contributed by atoms with Gasteiger partial charge in [0.1, 0.15) is 6.61 Å². The van der Waals surface area contributed by atoms with Gasteiger partial charge in [-0.05, 0) is 43.0 Å². The molecule has 0 aromatic heterocycles. The average Bonchev–Trinajstić information content (AvgIpc) is 2.77. The second-order valence-electron chi connectivity index (χ2n) is 7.36. The zero-order valence-electron chi connectivity index (χ0n) is 16.7. The number of rotatable bonds is 5. The van der Waals surface area contributed by atoms with Crippen LogP contribution in [-0.4, -0.2) is 41.5 Å². The summed E-state index contributed by atoms with van der Waals surface area (Å²) in [6, 6.07) is 9.28. The van der Waals surface area contributed by atoms with Crippen LogP contribution in [-0.2, 0) is 12.7 Å². The molecular formula is C22H22ClF3N2O3. The highest BCUT2D eigenvalue weighted by Gasteiger charge is 2.34. The van der Waals surface area contributed by atoms with Crippen molar-refractivity contribution in [1.29, 1.82) is 0 Å². The zero-order valence-corrected chi connectivity index (χ0v) is 17.4. The van der Waals surface area contributed by atoms with Crippen molar-refractivity contribution in [2.45, 2.75) is 32.0 Å². The molecule has 0 bridgehead atoms. The van der Waals surface area contributed by atoms with Gasteiger partial charge in [0.2, 0.25) is 0 Å². The predicted molar refractivity (Wildman–Crippen MR) is 111 cm³/mol. The van der Waals surface area contributed by atoms with Crippen LogP contribution in [0.3, 0.4) is 0 Å². The molecule has 1 heterocycles. The molecule has 0 aliphatic carbocycles. The van der Waals surface area contributed by atoms with Gasteiger partial charge in [0, 0.05) is 24.3 Å². The average molecular weight is 455 g/mol. The van der Waals surface area contributed by atoms with E-state index in [1.165, 1.54) is 23.1 Å². The fourth-order valence-corrected chi connectivity index (χ4v) is 3.72. The highest BCUT2D eigenvalue weighted by atomic mass is 35.5. The Labute approximate surface area is 183 Å². The first-order valence-electron chi connectivity index (χ1n) is 9.87. The Morgan fingerprint density at radius 2 is 1.68 bits per heavy atom. The van der Waals surface area contributed by atoms with Gasteiger partial charge in [-0.25, -0.2) is 4.79 Å². The van der Waals surface area contributed by atoms with Gasteiger partial charge >= 0.3 is 12.2 Å². The number of carbonyl (C=O) groups is 2. The van der Waals surface area contributed by atoms with E-state index < -0.39 is 29.2 Å². The molecule has 0 saturated carbocycles. The molecule has 1 aliphatic rings. The van der Waals surface area contributed by atoms with Crippen LogP contribution >= 0.6 is 11.6 Å². The van der Waals surface area contributed by atoms with Gasteiger partial charge in [-0.1, -0.05) is 35.9 Å². The third-order valence-electron chi connectivity index (χ3n) is 5.18. The minimum absolute atomic E-state index is 0.0157. The third kappa shape index (κ3) is 5.57. The number of urea groups is 1. The van der Waals surface area contributed by atoms with Crippen LogP contribution in [0.2, 0.25) is 5.02 Å². The molecule has 1 aliphatic heterocycles. The molecule has 1 saturated heterocycles. The lowest BCUT2D eigenvalue weighted by Gasteiger charge is -2.33. The number of aliphatic hydroxyl groups excluding tert-OH is 1. The van der Waals surface area contributed by atoms with Gasteiger partial charge in [-0.3, -0.25) is 9.69 Å². The lowest BCUT2D eigenvalue weighted by atomic mass is 10.1. The van der Waals surface area contributed by atoms with E-state index in [0.717, 1.165) is 31.4 Å². The Kier molecular flexibility index (Phi) is 7.23. The minimum atomic E-state index is -4.65. The first-order chi connectivity index (χ1) is 14.7. The van der Waals surface area contributed by atoms with Gasteiger partial charge in [-0.2, -0.15) is 13.2 Å². The number of ketones is 1. The topological polar surface area (TPSA) is 60.9 Å². The van der Waals surface area contributed by atoms with Crippen LogP contribution < -0.4 is 4.90 Å². The van der Waals surface area contributed by atoms with Gasteiger partial charge < -0.3 is 10.0 Å². The van der Waals surface area contributed by atoms with Crippen LogP contribution in [0.1, 0.15) is 40.7 Å². The first kappa shape index (κ1) is 23.1. The largest absolute Gasteiger partial charge is 0.417 e. The number of anilines is 1. The maximum atomic E-state index is 13.4. The quantitative estimate of drug-likeness (QED) is 0.636. The van der Waals surface area contributed by atoms with Crippen LogP contribution in [0, 0.1) is 0 Å². The highest BCUT2D eigenvalue weighted by Crippen LogP contribution is 2.37. The molecule has 0 atom stereocenters. The van der Waals surface area contributed by atoms with Crippen LogP contribution in [0.15, 0.2) is 42.5 Å². The van der Waals surface area contributed by atoms with Crippen molar-refractivity contribution < 1.29 is 27.9 Å². The van der Waals surface area contributed by atoms with Gasteiger partial charge in [-0.15, -0.1) is 0 Å². The van der Waals surface area contributed by atoms with Crippen molar-refractivity contribution in [3.63, 3.8) is 0 Å². The minimum Gasteiger partial charge on any atom is -0.388 e. The number of amides is 2. The number of likely N-dealkylation sites (tertiary alicyclic amines) is 1. The molecule has 5 nitrogen and oxygen atoms in total. The van der Waals surface area contributed by atoms with E-state index >= 15 is 0 Å². The van der Waals surface area contributed by atoms with E-state index in [-0.39, 0.29) is 18.3 Å². The summed E-state index contributed by atoms with van der Waals surface area (Å²) in [4.78, 5) is 27.8. The number of benzene rings is 2. The van der Waals surface area contributed by atoms with Crippen molar-refractivity contribution in [3.05, 3.63) is 64.2 Å². The third-order valence-corrected chi connectivity index (χ3v) is 5.51. The van der Waals surface area contributed by atoms with Crippen LogP contribution in [0.5, 0.6) is 0 Å². The van der Waals surface area contributed by atoms with E-state index in [4.69, 9.17) is 16.7 Å². The number of aliphatic hydroxyl groups is 1. The van der Waals surface area contributed by atoms with Crippen molar-refractivity contribution >= 4 is 29.1 Å². The fraction of sp³-hybridized carbons (Fsp3) is 0.364. The van der Waals surface area contributed by atoms with Crippen molar-refractivity contribution in [3.8, 4) is 0 Å². The normalized spacial score (nSPS) is 14.4. The summed E-state index contributed by atoms with van der Waals surface area (Å²) in [6.45, 7) is 0.476. The second kappa shape index (κ2) is 9.70. The molecular weight excluding hydrogens is 433 g/mol. The smallest absolute Gasteiger partial charge is 0.388 e. The molecule has 166 valence electrons. The molecule has 1 fully saturated rings. The van der Waals surface area contributed by atoms with Crippen molar-refractivity contribution in [2.75, 3.05) is 24.6 Å². The van der Waals surface area contributed by atoms with Crippen molar-refractivity contribution in [2.24, 2.45) is 0 Å². The summed E-state index contributed by atoms with van der Waals surface area (Å²) in [5.74, 6) is -0.444. The number of hydrogen-bond donors (Lipinski definition) is 1. The standard InChI is InChI=1S/C22H22ClF3N2O3/c23-19-9-8-17(12-18(19)22(24,25)26)28(21(31)27-10-2-1-3-11-27)13-15-4-6-16(7-5-15)20(30)14-29/h4-9,12,29H,1-3,10-11,13-14H2. The summed E-state index contributed by atoms with van der Waals surface area (Å²) in [7, 11) is 0. The van der Waals surface area contributed by atoms with E-state index in [1.807, 2.05) is 0 Å². The molecule has 0 radical (unpaired) electrons. The monoisotopic (exact) mass is 454 g/mol. The SMILES string of the molecule is O=C(CO)c1ccc(CN(C(=O)N2CCCCC2)c2ccc(Cl)c(C(F)(F)F)c2)cc1. The Bertz CT molecular complexity index is 942. The van der Waals surface area contributed by atoms with Gasteiger partial charge in [0.25, 0.3) is 0 Å². The van der Waals surface area contributed by atoms with E-state index in [2.05, 4.69) is 0 Å². The summed E-state index contributed by atoms with van der Waals surface area (Å²) < 4.78 is 40.1. The molecule has 0 unspecified atom stereocenters. The first-order valence-corrected chi connectivity index (χ1v) is 10.2. The van der Waals surface area contributed by atoms with Gasteiger partial charge in [0.05, 0.1) is 17.1 Å². The van der Waals surface area contributed by atoms with E-state index in [0.29, 0.717) is 24.2 Å². The number of nitrogens with zero attached hydrogens (tertiary/aromatic N) is 2. The highest BCUT2D eigenvalue weighted by molar-refractivity contribution is 6.31. The molecule has 2 aromatic rings. The number of piperidine rings is 1. The number of halogens is 4. The number of alkyl halides is 3. The molecule has 1 N–H and O–H groups in total. The summed E-state index contributed by atoms with van der Waals surface area (Å²) in [5, 5.41) is 8.54. The Hall–Kier alpha value is -2.58. The van der Waals surface area contributed by atoms with E-state index in [1.54, 1.807) is 17.0 Å². The van der Waals surface area contributed by atoms with Crippen LogP contribution in [0.25, 0.3) is 0 Å². The second-order valence-corrected chi connectivity index (χ2v) is 7.76. The van der Waals surface area contributed by atoms with Gasteiger partial charge in [0.15, 0.2) is 5.78 Å². The molecule has 2 aromatic carbocycles. The Balaban J connectivity index is 1.95. The summed E-state index contributed by atoms with van der Waals surface area (Å²) >= 11 is 5.75.